The number of rotatable bonds is 3. The molecule has 1 aromatic heterocycles. The number of pyridine rings is 1. The van der Waals surface area contributed by atoms with E-state index in [2.05, 4.69) is 4.98 Å². The molecular weight excluding hydrogens is 292 g/mol. The zero-order valence-electron chi connectivity index (χ0n) is 12.3. The standard InChI is InChI=1S/C15H19ClN2O3/c1-3-21-15(20)11-5-4-6-18(9-11)14(19)12-7-10(2)17-13(16)8-12/h7-8,11H,3-6,9H2,1-2H3. The molecule has 1 unspecified atom stereocenters. The molecule has 2 rings (SSSR count). The molecule has 1 aliphatic rings. The van der Waals surface area contributed by atoms with E-state index >= 15 is 0 Å². The second kappa shape index (κ2) is 6.89. The van der Waals surface area contributed by atoms with E-state index in [1.54, 1.807) is 30.9 Å². The molecule has 6 heteroatoms. The molecular formula is C15H19ClN2O3. The van der Waals surface area contributed by atoms with Crippen LogP contribution >= 0.6 is 11.6 Å². The van der Waals surface area contributed by atoms with E-state index in [1.807, 2.05) is 0 Å². The highest BCUT2D eigenvalue weighted by Crippen LogP contribution is 2.21. The Morgan fingerprint density at radius 1 is 1.48 bits per heavy atom. The summed E-state index contributed by atoms with van der Waals surface area (Å²) in [5.74, 6) is -0.573. The van der Waals surface area contributed by atoms with Crippen molar-refractivity contribution in [3.8, 4) is 0 Å². The van der Waals surface area contributed by atoms with Gasteiger partial charge in [0.25, 0.3) is 5.91 Å². The molecule has 1 atom stereocenters. The zero-order chi connectivity index (χ0) is 15.4. The molecule has 1 fully saturated rings. The van der Waals surface area contributed by atoms with Gasteiger partial charge in [-0.15, -0.1) is 0 Å². The summed E-state index contributed by atoms with van der Waals surface area (Å²) in [4.78, 5) is 30.1. The summed E-state index contributed by atoms with van der Waals surface area (Å²) in [6.07, 6.45) is 1.56. The fourth-order valence-electron chi connectivity index (χ4n) is 2.55. The van der Waals surface area contributed by atoms with Gasteiger partial charge in [-0.3, -0.25) is 9.59 Å². The van der Waals surface area contributed by atoms with Gasteiger partial charge in [-0.2, -0.15) is 0 Å². The number of amides is 1. The second-order valence-corrected chi connectivity index (χ2v) is 5.55. The SMILES string of the molecule is CCOC(=O)C1CCCN(C(=O)c2cc(C)nc(Cl)c2)C1. The Kier molecular flexibility index (Phi) is 5.17. The Morgan fingerprint density at radius 2 is 2.24 bits per heavy atom. The van der Waals surface area contributed by atoms with Gasteiger partial charge in [-0.05, 0) is 38.8 Å². The van der Waals surface area contributed by atoms with E-state index in [1.165, 1.54) is 0 Å². The Morgan fingerprint density at radius 3 is 2.90 bits per heavy atom. The molecule has 0 saturated carbocycles. The number of halogens is 1. The number of aryl methyl sites for hydroxylation is 1. The average Bonchev–Trinajstić information content (AvgIpc) is 2.46. The molecule has 114 valence electrons. The van der Waals surface area contributed by atoms with E-state index in [0.29, 0.717) is 36.1 Å². The van der Waals surface area contributed by atoms with Crippen molar-refractivity contribution in [1.29, 1.82) is 0 Å². The van der Waals surface area contributed by atoms with Crippen LogP contribution in [0.1, 0.15) is 35.8 Å². The van der Waals surface area contributed by atoms with E-state index in [9.17, 15) is 9.59 Å². The van der Waals surface area contributed by atoms with Gasteiger partial charge in [0.05, 0.1) is 12.5 Å². The summed E-state index contributed by atoms with van der Waals surface area (Å²) in [5, 5.41) is 0.303. The molecule has 0 bridgehead atoms. The van der Waals surface area contributed by atoms with Crippen molar-refractivity contribution in [2.24, 2.45) is 5.92 Å². The van der Waals surface area contributed by atoms with Crippen LogP contribution in [0.25, 0.3) is 0 Å². The summed E-state index contributed by atoms with van der Waals surface area (Å²) < 4.78 is 5.05. The third-order valence-corrected chi connectivity index (χ3v) is 3.69. The van der Waals surface area contributed by atoms with Gasteiger partial charge >= 0.3 is 5.97 Å². The quantitative estimate of drug-likeness (QED) is 0.635. The molecule has 0 aliphatic carbocycles. The number of esters is 1. The fourth-order valence-corrected chi connectivity index (χ4v) is 2.80. The lowest BCUT2D eigenvalue weighted by atomic mass is 9.97. The molecule has 21 heavy (non-hydrogen) atoms. The number of ether oxygens (including phenoxy) is 1. The van der Waals surface area contributed by atoms with Crippen molar-refractivity contribution in [2.75, 3.05) is 19.7 Å². The lowest BCUT2D eigenvalue weighted by molar-refractivity contribution is -0.149. The monoisotopic (exact) mass is 310 g/mol. The summed E-state index contributed by atoms with van der Waals surface area (Å²) >= 11 is 5.90. The van der Waals surface area contributed by atoms with Crippen molar-refractivity contribution in [1.82, 2.24) is 9.88 Å². The smallest absolute Gasteiger partial charge is 0.310 e. The van der Waals surface area contributed by atoms with Gasteiger partial charge < -0.3 is 9.64 Å². The molecule has 1 aliphatic heterocycles. The summed E-state index contributed by atoms with van der Waals surface area (Å²) in [6, 6.07) is 3.27. The highest BCUT2D eigenvalue weighted by atomic mass is 35.5. The molecule has 1 aromatic rings. The largest absolute Gasteiger partial charge is 0.466 e. The van der Waals surface area contributed by atoms with Crippen LogP contribution in [0, 0.1) is 12.8 Å². The Bertz CT molecular complexity index is 527. The van der Waals surface area contributed by atoms with Crippen LogP contribution < -0.4 is 0 Å². The first-order valence-electron chi connectivity index (χ1n) is 7.11. The average molecular weight is 311 g/mol. The molecule has 5 nitrogen and oxygen atoms in total. The van der Waals surface area contributed by atoms with Crippen LogP contribution in [0.2, 0.25) is 5.15 Å². The van der Waals surface area contributed by atoms with E-state index < -0.39 is 0 Å². The molecule has 0 spiro atoms. The van der Waals surface area contributed by atoms with Crippen LogP contribution in [0.3, 0.4) is 0 Å². The summed E-state index contributed by atoms with van der Waals surface area (Å²) in [6.45, 7) is 4.98. The third-order valence-electron chi connectivity index (χ3n) is 3.50. The minimum absolute atomic E-state index is 0.114. The maximum atomic E-state index is 12.5. The van der Waals surface area contributed by atoms with Crippen LogP contribution in [-0.4, -0.2) is 41.5 Å². The van der Waals surface area contributed by atoms with Gasteiger partial charge in [0.15, 0.2) is 0 Å². The number of likely N-dealkylation sites (tertiary alicyclic amines) is 1. The summed E-state index contributed by atoms with van der Waals surface area (Å²) in [5.41, 5.74) is 1.21. The van der Waals surface area contributed by atoms with Crippen LogP contribution in [-0.2, 0) is 9.53 Å². The summed E-state index contributed by atoms with van der Waals surface area (Å²) in [7, 11) is 0. The first kappa shape index (κ1) is 15.8. The number of aromatic nitrogens is 1. The van der Waals surface area contributed by atoms with E-state index in [4.69, 9.17) is 16.3 Å². The molecule has 0 N–H and O–H groups in total. The Balaban J connectivity index is 2.10. The van der Waals surface area contributed by atoms with Crippen molar-refractivity contribution in [2.45, 2.75) is 26.7 Å². The topological polar surface area (TPSA) is 59.5 Å². The van der Waals surface area contributed by atoms with Crippen molar-refractivity contribution >= 4 is 23.5 Å². The molecule has 1 amide bonds. The highest BCUT2D eigenvalue weighted by Gasteiger charge is 2.29. The molecule has 1 saturated heterocycles. The Labute approximate surface area is 129 Å². The number of piperidine rings is 1. The normalized spacial score (nSPS) is 18.4. The fraction of sp³-hybridized carbons (Fsp3) is 0.533. The molecule has 0 aromatic carbocycles. The zero-order valence-corrected chi connectivity index (χ0v) is 13.0. The number of carbonyl (C=O) groups excluding carboxylic acids is 2. The van der Waals surface area contributed by atoms with Gasteiger partial charge in [-0.1, -0.05) is 11.6 Å². The minimum Gasteiger partial charge on any atom is -0.466 e. The van der Waals surface area contributed by atoms with Gasteiger partial charge in [0, 0.05) is 24.3 Å². The molecule has 0 radical (unpaired) electrons. The van der Waals surface area contributed by atoms with E-state index in [0.717, 1.165) is 12.8 Å². The maximum Gasteiger partial charge on any atom is 0.310 e. The van der Waals surface area contributed by atoms with Crippen molar-refractivity contribution < 1.29 is 14.3 Å². The van der Waals surface area contributed by atoms with Gasteiger partial charge in [0.1, 0.15) is 5.15 Å². The predicted molar refractivity (Wildman–Crippen MR) is 79.2 cm³/mol. The van der Waals surface area contributed by atoms with Gasteiger partial charge in [0.2, 0.25) is 0 Å². The van der Waals surface area contributed by atoms with Crippen LogP contribution in [0.15, 0.2) is 12.1 Å². The van der Waals surface area contributed by atoms with E-state index in [-0.39, 0.29) is 17.8 Å². The Hall–Kier alpha value is -1.62. The van der Waals surface area contributed by atoms with Gasteiger partial charge in [-0.25, -0.2) is 4.98 Å². The molecule has 2 heterocycles. The second-order valence-electron chi connectivity index (χ2n) is 5.16. The first-order valence-corrected chi connectivity index (χ1v) is 7.49. The maximum absolute atomic E-state index is 12.5. The predicted octanol–water partition coefficient (Wildman–Crippen LogP) is 2.46. The van der Waals surface area contributed by atoms with Crippen LogP contribution in [0.5, 0.6) is 0 Å². The van der Waals surface area contributed by atoms with Crippen molar-refractivity contribution in [3.05, 3.63) is 28.5 Å². The lowest BCUT2D eigenvalue weighted by Gasteiger charge is -2.31. The number of nitrogens with zero attached hydrogens (tertiary/aromatic N) is 2. The number of hydrogen-bond donors (Lipinski definition) is 0. The van der Waals surface area contributed by atoms with Crippen LogP contribution in [0.4, 0.5) is 0 Å². The number of hydrogen-bond acceptors (Lipinski definition) is 4. The highest BCUT2D eigenvalue weighted by molar-refractivity contribution is 6.29. The third kappa shape index (κ3) is 3.94. The first-order chi connectivity index (χ1) is 10.0. The number of carbonyl (C=O) groups is 2. The van der Waals surface area contributed by atoms with Crippen molar-refractivity contribution in [3.63, 3.8) is 0 Å². The lowest BCUT2D eigenvalue weighted by Crippen LogP contribution is -2.42. The minimum atomic E-state index is -0.235.